The number of rotatable bonds is 7. The third kappa shape index (κ3) is 4.85. The Morgan fingerprint density at radius 2 is 1.94 bits per heavy atom. The molecule has 33 heavy (non-hydrogen) atoms. The average molecular weight is 441 g/mol. The standard InChI is InChI=1S/C24H20FN7O/c25-19-7-4-8-20-16(19)11-17(24(33)29-13-15-5-2-1-3-6-15)21(32-20)9-10-28-23-18(12-26)22(27)30-14-31-23/h1-8,11,14H,9-10,13H2,(H,29,33)(H3,27,28,30,31). The number of fused-ring (bicyclic) bond motifs is 1. The maximum Gasteiger partial charge on any atom is 0.253 e. The third-order valence-corrected chi connectivity index (χ3v) is 5.07. The van der Waals surface area contributed by atoms with Gasteiger partial charge in [-0.1, -0.05) is 36.4 Å². The van der Waals surface area contributed by atoms with Crippen LogP contribution in [0.25, 0.3) is 10.9 Å². The van der Waals surface area contributed by atoms with Gasteiger partial charge in [0.2, 0.25) is 0 Å². The maximum absolute atomic E-state index is 14.4. The number of anilines is 2. The summed E-state index contributed by atoms with van der Waals surface area (Å²) in [5.41, 5.74) is 8.04. The normalized spacial score (nSPS) is 10.5. The van der Waals surface area contributed by atoms with E-state index in [1.165, 1.54) is 18.5 Å². The first-order valence-corrected chi connectivity index (χ1v) is 10.2. The number of benzene rings is 2. The Kier molecular flexibility index (Phi) is 6.36. The molecule has 4 rings (SSSR count). The zero-order valence-electron chi connectivity index (χ0n) is 17.5. The monoisotopic (exact) mass is 441 g/mol. The van der Waals surface area contributed by atoms with Gasteiger partial charge in [0.1, 0.15) is 35.4 Å². The number of aromatic nitrogens is 3. The number of hydrogen-bond donors (Lipinski definition) is 3. The predicted octanol–water partition coefficient (Wildman–Crippen LogP) is 3.20. The zero-order chi connectivity index (χ0) is 23.2. The fourth-order valence-electron chi connectivity index (χ4n) is 3.40. The lowest BCUT2D eigenvalue weighted by Gasteiger charge is -2.13. The van der Waals surface area contributed by atoms with Crippen LogP contribution in [0.5, 0.6) is 0 Å². The van der Waals surface area contributed by atoms with Crippen LogP contribution in [-0.2, 0) is 13.0 Å². The number of hydrogen-bond acceptors (Lipinski definition) is 7. The molecular formula is C24H20FN7O. The smallest absolute Gasteiger partial charge is 0.253 e. The number of carbonyl (C=O) groups excluding carboxylic acids is 1. The molecule has 4 aromatic rings. The molecule has 8 nitrogen and oxygen atoms in total. The fourth-order valence-corrected chi connectivity index (χ4v) is 3.40. The summed E-state index contributed by atoms with van der Waals surface area (Å²) in [5.74, 6) is -0.422. The highest BCUT2D eigenvalue weighted by molar-refractivity contribution is 5.98. The van der Waals surface area contributed by atoms with Gasteiger partial charge in [0, 0.05) is 24.9 Å². The van der Waals surface area contributed by atoms with Crippen molar-refractivity contribution in [3.63, 3.8) is 0 Å². The Morgan fingerprint density at radius 1 is 1.12 bits per heavy atom. The van der Waals surface area contributed by atoms with Crippen LogP contribution in [0.15, 0.2) is 60.9 Å². The molecule has 2 aromatic carbocycles. The molecule has 0 aliphatic rings. The number of nitrogen functional groups attached to an aromatic ring is 1. The van der Waals surface area contributed by atoms with Gasteiger partial charge in [-0.05, 0) is 23.8 Å². The topological polar surface area (TPSA) is 130 Å². The van der Waals surface area contributed by atoms with Crippen molar-refractivity contribution in [2.45, 2.75) is 13.0 Å². The molecule has 0 saturated heterocycles. The van der Waals surface area contributed by atoms with E-state index in [4.69, 9.17) is 5.73 Å². The first-order valence-electron chi connectivity index (χ1n) is 10.2. The lowest BCUT2D eigenvalue weighted by molar-refractivity contribution is 0.0949. The summed E-state index contributed by atoms with van der Waals surface area (Å²) in [6, 6.07) is 17.6. The van der Waals surface area contributed by atoms with E-state index < -0.39 is 5.82 Å². The summed E-state index contributed by atoms with van der Waals surface area (Å²) in [6.07, 6.45) is 1.59. The molecule has 0 aliphatic heterocycles. The molecule has 0 unspecified atom stereocenters. The number of carbonyl (C=O) groups is 1. The van der Waals surface area contributed by atoms with Gasteiger partial charge in [0.25, 0.3) is 5.91 Å². The van der Waals surface area contributed by atoms with Gasteiger partial charge in [-0.25, -0.2) is 14.4 Å². The highest BCUT2D eigenvalue weighted by Gasteiger charge is 2.16. The van der Waals surface area contributed by atoms with E-state index in [0.717, 1.165) is 5.56 Å². The molecule has 164 valence electrons. The van der Waals surface area contributed by atoms with Crippen molar-refractivity contribution in [2.75, 3.05) is 17.6 Å². The molecule has 1 amide bonds. The summed E-state index contributed by atoms with van der Waals surface area (Å²) in [5, 5.41) is 15.5. The van der Waals surface area contributed by atoms with Crippen molar-refractivity contribution >= 4 is 28.4 Å². The highest BCUT2D eigenvalue weighted by atomic mass is 19.1. The van der Waals surface area contributed by atoms with Crippen LogP contribution in [0.4, 0.5) is 16.0 Å². The van der Waals surface area contributed by atoms with Crippen molar-refractivity contribution in [3.05, 3.63) is 89.1 Å². The van der Waals surface area contributed by atoms with Crippen LogP contribution in [-0.4, -0.2) is 27.4 Å². The Labute approximate surface area is 189 Å². The maximum atomic E-state index is 14.4. The molecule has 0 aliphatic carbocycles. The van der Waals surface area contributed by atoms with Gasteiger partial charge in [0.15, 0.2) is 0 Å². The average Bonchev–Trinajstić information content (AvgIpc) is 2.83. The first-order chi connectivity index (χ1) is 16.1. The largest absolute Gasteiger partial charge is 0.382 e. The van der Waals surface area contributed by atoms with E-state index in [2.05, 4.69) is 25.6 Å². The van der Waals surface area contributed by atoms with E-state index in [-0.39, 0.29) is 28.2 Å². The molecule has 0 saturated carbocycles. The molecule has 0 radical (unpaired) electrons. The lowest BCUT2D eigenvalue weighted by Crippen LogP contribution is -2.25. The number of amides is 1. The molecule has 2 heterocycles. The molecule has 9 heteroatoms. The highest BCUT2D eigenvalue weighted by Crippen LogP contribution is 2.21. The van der Waals surface area contributed by atoms with Crippen molar-refractivity contribution in [3.8, 4) is 6.07 Å². The quantitative estimate of drug-likeness (QED) is 0.401. The van der Waals surface area contributed by atoms with E-state index >= 15 is 0 Å². The number of nitrogens with two attached hydrogens (primary N) is 1. The lowest BCUT2D eigenvalue weighted by atomic mass is 10.1. The summed E-state index contributed by atoms with van der Waals surface area (Å²) in [4.78, 5) is 25.4. The van der Waals surface area contributed by atoms with Crippen molar-refractivity contribution in [2.24, 2.45) is 0 Å². The van der Waals surface area contributed by atoms with Gasteiger partial charge in [-0.15, -0.1) is 0 Å². The van der Waals surface area contributed by atoms with E-state index in [1.54, 1.807) is 12.1 Å². The van der Waals surface area contributed by atoms with E-state index in [9.17, 15) is 14.4 Å². The van der Waals surface area contributed by atoms with Crippen molar-refractivity contribution in [1.82, 2.24) is 20.3 Å². The number of halogens is 1. The van der Waals surface area contributed by atoms with Gasteiger partial charge in [-0.2, -0.15) is 5.26 Å². The summed E-state index contributed by atoms with van der Waals surface area (Å²) < 4.78 is 14.4. The Balaban J connectivity index is 1.58. The summed E-state index contributed by atoms with van der Waals surface area (Å²) >= 11 is 0. The Hall–Kier alpha value is -4.58. The zero-order valence-corrected chi connectivity index (χ0v) is 17.5. The van der Waals surface area contributed by atoms with Crippen LogP contribution in [0.3, 0.4) is 0 Å². The Morgan fingerprint density at radius 3 is 2.73 bits per heavy atom. The third-order valence-electron chi connectivity index (χ3n) is 5.07. The van der Waals surface area contributed by atoms with Crippen LogP contribution < -0.4 is 16.4 Å². The molecular weight excluding hydrogens is 421 g/mol. The van der Waals surface area contributed by atoms with Gasteiger partial charge in [0.05, 0.1) is 16.8 Å². The number of nitrogens with one attached hydrogen (secondary N) is 2. The van der Waals surface area contributed by atoms with Crippen LogP contribution in [0.1, 0.15) is 27.2 Å². The molecule has 0 fully saturated rings. The molecule has 2 aromatic heterocycles. The number of pyridine rings is 1. The second kappa shape index (κ2) is 9.70. The fraction of sp³-hybridized carbons (Fsp3) is 0.125. The van der Waals surface area contributed by atoms with Crippen molar-refractivity contribution < 1.29 is 9.18 Å². The van der Waals surface area contributed by atoms with Crippen LogP contribution in [0, 0.1) is 17.1 Å². The van der Waals surface area contributed by atoms with Gasteiger partial charge in [-0.3, -0.25) is 9.78 Å². The minimum atomic E-state index is -0.447. The first kappa shape index (κ1) is 21.6. The Bertz CT molecular complexity index is 1350. The van der Waals surface area contributed by atoms with Crippen molar-refractivity contribution in [1.29, 1.82) is 5.26 Å². The predicted molar refractivity (Wildman–Crippen MR) is 123 cm³/mol. The van der Waals surface area contributed by atoms with Crippen LogP contribution in [0.2, 0.25) is 0 Å². The SMILES string of the molecule is N#Cc1c(N)ncnc1NCCc1nc2cccc(F)c2cc1C(=O)NCc1ccccc1. The molecule has 0 spiro atoms. The number of nitriles is 1. The van der Waals surface area contributed by atoms with Gasteiger partial charge >= 0.3 is 0 Å². The second-order valence-corrected chi connectivity index (χ2v) is 7.23. The minimum absolute atomic E-state index is 0.0790. The minimum Gasteiger partial charge on any atom is -0.382 e. The van der Waals surface area contributed by atoms with Crippen LogP contribution >= 0.6 is 0 Å². The molecule has 4 N–H and O–H groups in total. The summed E-state index contributed by atoms with van der Waals surface area (Å²) in [6.45, 7) is 0.649. The number of nitrogens with zero attached hydrogens (tertiary/aromatic N) is 4. The second-order valence-electron chi connectivity index (χ2n) is 7.23. The van der Waals surface area contributed by atoms with Gasteiger partial charge < -0.3 is 16.4 Å². The molecule has 0 bridgehead atoms. The molecule has 0 atom stereocenters. The summed E-state index contributed by atoms with van der Waals surface area (Å²) in [7, 11) is 0. The van der Waals surface area contributed by atoms with E-state index in [0.29, 0.717) is 36.5 Å². The van der Waals surface area contributed by atoms with E-state index in [1.807, 2.05) is 36.4 Å².